The van der Waals surface area contributed by atoms with Gasteiger partial charge in [-0.1, -0.05) is 44.2 Å². The largest absolute Gasteiger partial charge is 0.341 e. The number of benzene rings is 1. The maximum atomic E-state index is 12.4. The Balaban J connectivity index is 1.88. The number of Topliss-reactive ketones (excluding diaryl/α,β-unsaturated/α-hetero) is 1. The first kappa shape index (κ1) is 16.7. The van der Waals surface area contributed by atoms with Gasteiger partial charge in [-0.25, -0.2) is 0 Å². The summed E-state index contributed by atoms with van der Waals surface area (Å²) in [5.74, 6) is 0.655. The van der Waals surface area contributed by atoms with Crippen LogP contribution in [0.4, 0.5) is 0 Å². The predicted octanol–water partition coefficient (Wildman–Crippen LogP) is 2.48. The zero-order valence-corrected chi connectivity index (χ0v) is 13.5. The second kappa shape index (κ2) is 7.54. The maximum Gasteiger partial charge on any atom is 0.239 e. The van der Waals surface area contributed by atoms with E-state index in [0.29, 0.717) is 25.4 Å². The number of hydrogen-bond donors (Lipinski definition) is 1. The summed E-state index contributed by atoms with van der Waals surface area (Å²) in [6, 6.07) is 8.99. The Morgan fingerprint density at radius 1 is 1.18 bits per heavy atom. The molecule has 1 aliphatic heterocycles. The first-order valence-electron chi connectivity index (χ1n) is 8.12. The number of amides is 1. The van der Waals surface area contributed by atoms with Crippen molar-refractivity contribution < 1.29 is 9.59 Å². The topological polar surface area (TPSA) is 63.4 Å². The van der Waals surface area contributed by atoms with Crippen LogP contribution in [0.2, 0.25) is 0 Å². The summed E-state index contributed by atoms with van der Waals surface area (Å²) >= 11 is 0. The lowest BCUT2D eigenvalue weighted by molar-refractivity contribution is -0.134. The van der Waals surface area contributed by atoms with Crippen LogP contribution in [0, 0.1) is 11.8 Å². The minimum absolute atomic E-state index is 0.0211. The monoisotopic (exact) mass is 302 g/mol. The zero-order valence-electron chi connectivity index (χ0n) is 13.5. The summed E-state index contributed by atoms with van der Waals surface area (Å²) in [7, 11) is 0. The molecule has 0 spiro atoms. The van der Waals surface area contributed by atoms with Gasteiger partial charge in [-0.3, -0.25) is 9.59 Å². The lowest BCUT2D eigenvalue weighted by Crippen LogP contribution is -2.48. The van der Waals surface area contributed by atoms with E-state index in [4.69, 9.17) is 5.73 Å². The predicted molar refractivity (Wildman–Crippen MR) is 87.5 cm³/mol. The molecule has 22 heavy (non-hydrogen) atoms. The molecule has 0 saturated carbocycles. The molecule has 0 unspecified atom stereocenters. The normalized spacial score (nSPS) is 17.5. The zero-order chi connectivity index (χ0) is 16.1. The van der Waals surface area contributed by atoms with Gasteiger partial charge in [0.05, 0.1) is 6.04 Å². The van der Waals surface area contributed by atoms with E-state index in [1.165, 1.54) is 0 Å². The molecule has 0 aliphatic carbocycles. The maximum absolute atomic E-state index is 12.4. The molecule has 4 heteroatoms. The molecule has 1 fully saturated rings. The Bertz CT molecular complexity index is 505. The van der Waals surface area contributed by atoms with E-state index in [-0.39, 0.29) is 17.6 Å². The van der Waals surface area contributed by atoms with Crippen LogP contribution in [-0.4, -0.2) is 35.7 Å². The van der Waals surface area contributed by atoms with Crippen molar-refractivity contribution in [3.63, 3.8) is 0 Å². The highest BCUT2D eigenvalue weighted by molar-refractivity contribution is 5.98. The number of nitrogens with zero attached hydrogens (tertiary/aromatic N) is 1. The van der Waals surface area contributed by atoms with Crippen LogP contribution in [0.5, 0.6) is 0 Å². The third-order valence-corrected chi connectivity index (χ3v) is 4.28. The molecule has 1 heterocycles. The number of carbonyl (C=O) groups excluding carboxylic acids is 2. The van der Waals surface area contributed by atoms with Gasteiger partial charge in [-0.15, -0.1) is 0 Å². The number of carbonyl (C=O) groups is 2. The molecule has 1 aromatic carbocycles. The van der Waals surface area contributed by atoms with Crippen molar-refractivity contribution in [1.82, 2.24) is 4.90 Å². The smallest absolute Gasteiger partial charge is 0.239 e. The van der Waals surface area contributed by atoms with E-state index < -0.39 is 6.04 Å². The Kier molecular flexibility index (Phi) is 5.72. The minimum atomic E-state index is -0.415. The second-order valence-corrected chi connectivity index (χ2v) is 6.57. The Morgan fingerprint density at radius 2 is 1.77 bits per heavy atom. The molecular formula is C18H26N2O2. The molecule has 4 nitrogen and oxygen atoms in total. The third-order valence-electron chi connectivity index (χ3n) is 4.28. The fraction of sp³-hybridized carbons (Fsp3) is 0.556. The standard InChI is InChI=1S/C18H26N2O2/c1-13(2)12-16(19)18(22)20-10-8-15(9-11-20)17(21)14-6-4-3-5-7-14/h3-7,13,15-16H,8-12,19H2,1-2H3/t16-/m0/s1. The van der Waals surface area contributed by atoms with E-state index in [9.17, 15) is 9.59 Å². The van der Waals surface area contributed by atoms with Gasteiger partial charge in [0.25, 0.3) is 0 Å². The summed E-state index contributed by atoms with van der Waals surface area (Å²) in [4.78, 5) is 26.5. The molecule has 1 aliphatic rings. The van der Waals surface area contributed by atoms with Crippen molar-refractivity contribution >= 4 is 11.7 Å². The highest BCUT2D eigenvalue weighted by Crippen LogP contribution is 2.22. The van der Waals surface area contributed by atoms with Crippen LogP contribution in [0.3, 0.4) is 0 Å². The Labute approximate surface area is 132 Å². The molecule has 1 aromatic rings. The van der Waals surface area contributed by atoms with Gasteiger partial charge >= 0.3 is 0 Å². The molecule has 0 aromatic heterocycles. The SMILES string of the molecule is CC(C)C[C@H](N)C(=O)N1CCC(C(=O)c2ccccc2)CC1. The van der Waals surface area contributed by atoms with Gasteiger partial charge in [0, 0.05) is 24.6 Å². The lowest BCUT2D eigenvalue weighted by Gasteiger charge is -2.33. The van der Waals surface area contributed by atoms with Crippen molar-refractivity contribution in [1.29, 1.82) is 0 Å². The quantitative estimate of drug-likeness (QED) is 0.850. The molecule has 1 saturated heterocycles. The fourth-order valence-electron chi connectivity index (χ4n) is 3.04. The highest BCUT2D eigenvalue weighted by Gasteiger charge is 2.29. The number of nitrogens with two attached hydrogens (primary N) is 1. The van der Waals surface area contributed by atoms with Crippen LogP contribution in [0.15, 0.2) is 30.3 Å². The minimum Gasteiger partial charge on any atom is -0.341 e. The van der Waals surface area contributed by atoms with Crippen molar-refractivity contribution in [2.75, 3.05) is 13.1 Å². The number of rotatable bonds is 5. The number of ketones is 1. The number of hydrogen-bond acceptors (Lipinski definition) is 3. The van der Waals surface area contributed by atoms with Crippen LogP contribution in [0.25, 0.3) is 0 Å². The summed E-state index contributed by atoms with van der Waals surface area (Å²) in [6.07, 6.45) is 2.17. The first-order valence-corrected chi connectivity index (χ1v) is 8.12. The van der Waals surface area contributed by atoms with E-state index in [2.05, 4.69) is 13.8 Å². The molecule has 2 rings (SSSR count). The summed E-state index contributed by atoms with van der Waals surface area (Å²) in [5, 5.41) is 0. The Morgan fingerprint density at radius 3 is 2.32 bits per heavy atom. The van der Waals surface area contributed by atoms with Crippen LogP contribution in [-0.2, 0) is 4.79 Å². The number of piperidine rings is 1. The van der Waals surface area contributed by atoms with Gasteiger partial charge in [0.15, 0.2) is 5.78 Å². The average molecular weight is 302 g/mol. The van der Waals surface area contributed by atoms with Crippen molar-refractivity contribution in [3.8, 4) is 0 Å². The molecule has 0 bridgehead atoms. The summed E-state index contributed by atoms with van der Waals surface area (Å²) < 4.78 is 0. The lowest BCUT2D eigenvalue weighted by atomic mass is 9.88. The van der Waals surface area contributed by atoms with Crippen molar-refractivity contribution in [2.24, 2.45) is 17.6 Å². The van der Waals surface area contributed by atoms with Gasteiger partial charge in [0.1, 0.15) is 0 Å². The van der Waals surface area contributed by atoms with Crippen LogP contribution < -0.4 is 5.73 Å². The van der Waals surface area contributed by atoms with Crippen molar-refractivity contribution in [2.45, 2.75) is 39.2 Å². The van der Waals surface area contributed by atoms with E-state index in [1.54, 1.807) is 0 Å². The van der Waals surface area contributed by atoms with Gasteiger partial charge in [-0.2, -0.15) is 0 Å². The van der Waals surface area contributed by atoms with Crippen LogP contribution in [0.1, 0.15) is 43.5 Å². The molecule has 1 atom stereocenters. The van der Waals surface area contributed by atoms with E-state index in [0.717, 1.165) is 18.4 Å². The molecule has 1 amide bonds. The van der Waals surface area contributed by atoms with Crippen LogP contribution >= 0.6 is 0 Å². The molecule has 120 valence electrons. The van der Waals surface area contributed by atoms with E-state index in [1.807, 2.05) is 35.2 Å². The third kappa shape index (κ3) is 4.17. The van der Waals surface area contributed by atoms with Gasteiger partial charge < -0.3 is 10.6 Å². The van der Waals surface area contributed by atoms with Gasteiger partial charge in [0.2, 0.25) is 5.91 Å². The first-order chi connectivity index (χ1) is 10.5. The summed E-state index contributed by atoms with van der Waals surface area (Å²) in [6.45, 7) is 5.40. The average Bonchev–Trinajstić information content (AvgIpc) is 2.54. The molecular weight excluding hydrogens is 276 g/mol. The highest BCUT2D eigenvalue weighted by atomic mass is 16.2. The van der Waals surface area contributed by atoms with Gasteiger partial charge in [-0.05, 0) is 25.2 Å². The Hall–Kier alpha value is -1.68. The number of likely N-dealkylation sites (tertiary alicyclic amines) is 1. The van der Waals surface area contributed by atoms with Crippen molar-refractivity contribution in [3.05, 3.63) is 35.9 Å². The van der Waals surface area contributed by atoms with E-state index >= 15 is 0 Å². The second-order valence-electron chi connectivity index (χ2n) is 6.57. The summed E-state index contributed by atoms with van der Waals surface area (Å²) in [5.41, 5.74) is 6.74. The fourth-order valence-corrected chi connectivity index (χ4v) is 3.04. The molecule has 0 radical (unpaired) electrons. The molecule has 2 N–H and O–H groups in total.